The lowest BCUT2D eigenvalue weighted by atomic mass is 10.2. The van der Waals surface area contributed by atoms with Crippen LogP contribution in [0.3, 0.4) is 0 Å². The van der Waals surface area contributed by atoms with Gasteiger partial charge in [-0.15, -0.1) is 0 Å². The van der Waals surface area contributed by atoms with Crippen LogP contribution in [0.1, 0.15) is 10.4 Å². The zero-order valence-corrected chi connectivity index (χ0v) is 14.9. The molecule has 0 unspecified atom stereocenters. The Labute approximate surface area is 148 Å². The van der Waals surface area contributed by atoms with Crippen molar-refractivity contribution >= 4 is 33.2 Å². The van der Waals surface area contributed by atoms with E-state index in [0.717, 1.165) is 23.2 Å². The van der Waals surface area contributed by atoms with E-state index in [4.69, 9.17) is 4.74 Å². The molecule has 0 saturated carbocycles. The standard InChI is InChI=1S/C17H18BrN3O3/c1-20-5-4-12(10-16(20)22)17(23)19-14-11-13(18)2-3-15(14)21-6-8-24-9-7-21/h2-5,10-11H,6-9H2,1H3,(H,19,23). The first-order chi connectivity index (χ1) is 11.5. The van der Waals surface area contributed by atoms with Gasteiger partial charge in [0.25, 0.3) is 11.5 Å². The molecule has 0 bridgehead atoms. The van der Waals surface area contributed by atoms with Gasteiger partial charge in [0, 0.05) is 42.4 Å². The summed E-state index contributed by atoms with van der Waals surface area (Å²) in [5.74, 6) is -0.305. The number of aromatic nitrogens is 1. The smallest absolute Gasteiger partial charge is 0.255 e. The molecule has 1 N–H and O–H groups in total. The summed E-state index contributed by atoms with van der Waals surface area (Å²) in [6.45, 7) is 2.88. The van der Waals surface area contributed by atoms with E-state index in [9.17, 15) is 9.59 Å². The first-order valence-corrected chi connectivity index (χ1v) is 8.44. The van der Waals surface area contributed by atoms with Crippen molar-refractivity contribution < 1.29 is 9.53 Å². The Kier molecular flexibility index (Phi) is 5.01. The van der Waals surface area contributed by atoms with Crippen molar-refractivity contribution in [1.82, 2.24) is 4.57 Å². The van der Waals surface area contributed by atoms with Gasteiger partial charge in [-0.1, -0.05) is 15.9 Å². The number of nitrogens with zero attached hydrogens (tertiary/aromatic N) is 2. The summed E-state index contributed by atoms with van der Waals surface area (Å²) in [6, 6.07) is 8.74. The highest BCUT2D eigenvalue weighted by atomic mass is 79.9. The highest BCUT2D eigenvalue weighted by Crippen LogP contribution is 2.30. The van der Waals surface area contributed by atoms with Crippen LogP contribution in [0.5, 0.6) is 0 Å². The number of ether oxygens (including phenoxy) is 1. The maximum Gasteiger partial charge on any atom is 0.255 e. The van der Waals surface area contributed by atoms with E-state index in [0.29, 0.717) is 24.5 Å². The molecule has 1 aliphatic heterocycles. The Balaban J connectivity index is 1.87. The van der Waals surface area contributed by atoms with Crippen molar-refractivity contribution in [3.05, 3.63) is 56.9 Å². The van der Waals surface area contributed by atoms with E-state index >= 15 is 0 Å². The summed E-state index contributed by atoms with van der Waals surface area (Å²) in [6.07, 6.45) is 1.58. The fourth-order valence-electron chi connectivity index (χ4n) is 2.57. The lowest BCUT2D eigenvalue weighted by Gasteiger charge is -2.30. The van der Waals surface area contributed by atoms with E-state index in [1.165, 1.54) is 10.6 Å². The summed E-state index contributed by atoms with van der Waals surface area (Å²) < 4.78 is 7.68. The van der Waals surface area contributed by atoms with E-state index in [1.54, 1.807) is 19.3 Å². The Morgan fingerprint density at radius 2 is 1.96 bits per heavy atom. The molecule has 1 aromatic carbocycles. The van der Waals surface area contributed by atoms with Crippen molar-refractivity contribution in [2.24, 2.45) is 7.05 Å². The maximum absolute atomic E-state index is 12.5. The van der Waals surface area contributed by atoms with Crippen LogP contribution in [-0.4, -0.2) is 36.8 Å². The summed E-state index contributed by atoms with van der Waals surface area (Å²) in [5.41, 5.74) is 1.77. The average molecular weight is 392 g/mol. The molecule has 24 heavy (non-hydrogen) atoms. The Bertz CT molecular complexity index is 813. The largest absolute Gasteiger partial charge is 0.378 e. The summed E-state index contributed by atoms with van der Waals surface area (Å²) in [5, 5.41) is 2.91. The van der Waals surface area contributed by atoms with Gasteiger partial charge in [-0.25, -0.2) is 0 Å². The van der Waals surface area contributed by atoms with Crippen LogP contribution in [0.4, 0.5) is 11.4 Å². The molecule has 2 aromatic rings. The number of aryl methyl sites for hydroxylation is 1. The number of carbonyl (C=O) groups excluding carboxylic acids is 1. The Morgan fingerprint density at radius 3 is 2.67 bits per heavy atom. The zero-order chi connectivity index (χ0) is 17.1. The molecule has 0 atom stereocenters. The zero-order valence-electron chi connectivity index (χ0n) is 13.3. The SMILES string of the molecule is Cn1ccc(C(=O)Nc2cc(Br)ccc2N2CCOCC2)cc1=O. The van der Waals surface area contributed by atoms with Crippen molar-refractivity contribution in [1.29, 1.82) is 0 Å². The first kappa shape index (κ1) is 16.7. The van der Waals surface area contributed by atoms with Gasteiger partial charge in [0.15, 0.2) is 0 Å². The van der Waals surface area contributed by atoms with E-state index < -0.39 is 0 Å². The molecule has 1 saturated heterocycles. The van der Waals surface area contributed by atoms with Gasteiger partial charge in [-0.05, 0) is 24.3 Å². The number of hydrogen-bond acceptors (Lipinski definition) is 4. The van der Waals surface area contributed by atoms with Crippen molar-refractivity contribution in [2.75, 3.05) is 36.5 Å². The Morgan fingerprint density at radius 1 is 1.21 bits per heavy atom. The summed E-state index contributed by atoms with van der Waals surface area (Å²) in [7, 11) is 1.65. The van der Waals surface area contributed by atoms with Gasteiger partial charge in [0.2, 0.25) is 0 Å². The van der Waals surface area contributed by atoms with Gasteiger partial charge in [-0.2, -0.15) is 0 Å². The van der Waals surface area contributed by atoms with Crippen LogP contribution in [0, 0.1) is 0 Å². The number of pyridine rings is 1. The minimum atomic E-state index is -0.305. The van der Waals surface area contributed by atoms with Gasteiger partial charge in [-0.3, -0.25) is 9.59 Å². The summed E-state index contributed by atoms with van der Waals surface area (Å²) >= 11 is 3.44. The third-order valence-electron chi connectivity index (χ3n) is 3.93. The van der Waals surface area contributed by atoms with Crippen molar-refractivity contribution in [3.8, 4) is 0 Å². The second-order valence-corrected chi connectivity index (χ2v) is 6.50. The number of morpholine rings is 1. The fourth-order valence-corrected chi connectivity index (χ4v) is 2.93. The molecule has 0 radical (unpaired) electrons. The molecule has 1 aliphatic rings. The Hall–Kier alpha value is -2.12. The highest BCUT2D eigenvalue weighted by Gasteiger charge is 2.17. The predicted octanol–water partition coefficient (Wildman–Crippen LogP) is 2.24. The average Bonchev–Trinajstić information content (AvgIpc) is 2.58. The number of halogens is 1. The van der Waals surface area contributed by atoms with Crippen LogP contribution in [0.2, 0.25) is 0 Å². The van der Waals surface area contributed by atoms with Gasteiger partial charge < -0.3 is 19.5 Å². The topological polar surface area (TPSA) is 63.6 Å². The number of anilines is 2. The van der Waals surface area contributed by atoms with Crippen LogP contribution in [0.15, 0.2) is 45.8 Å². The first-order valence-electron chi connectivity index (χ1n) is 7.65. The normalized spacial score (nSPS) is 14.5. The lowest BCUT2D eigenvalue weighted by Crippen LogP contribution is -2.36. The fraction of sp³-hybridized carbons (Fsp3) is 0.294. The predicted molar refractivity (Wildman–Crippen MR) is 96.8 cm³/mol. The third-order valence-corrected chi connectivity index (χ3v) is 4.42. The number of hydrogen-bond donors (Lipinski definition) is 1. The van der Waals surface area contributed by atoms with Crippen LogP contribution in [-0.2, 0) is 11.8 Å². The second kappa shape index (κ2) is 7.19. The molecular formula is C17H18BrN3O3. The van der Waals surface area contributed by atoms with Gasteiger partial charge >= 0.3 is 0 Å². The second-order valence-electron chi connectivity index (χ2n) is 5.58. The third kappa shape index (κ3) is 3.68. The molecule has 0 aliphatic carbocycles. The van der Waals surface area contributed by atoms with Gasteiger partial charge in [0.05, 0.1) is 24.6 Å². The van der Waals surface area contributed by atoms with E-state index in [2.05, 4.69) is 26.1 Å². The van der Waals surface area contributed by atoms with Crippen LogP contribution < -0.4 is 15.8 Å². The lowest BCUT2D eigenvalue weighted by molar-refractivity contribution is 0.102. The number of carbonyl (C=O) groups is 1. The molecule has 6 nitrogen and oxygen atoms in total. The summed E-state index contributed by atoms with van der Waals surface area (Å²) in [4.78, 5) is 26.4. The molecule has 7 heteroatoms. The molecule has 126 valence electrons. The van der Waals surface area contributed by atoms with Crippen LogP contribution >= 0.6 is 15.9 Å². The highest BCUT2D eigenvalue weighted by molar-refractivity contribution is 9.10. The molecule has 1 amide bonds. The monoisotopic (exact) mass is 391 g/mol. The molecule has 2 heterocycles. The maximum atomic E-state index is 12.5. The minimum absolute atomic E-state index is 0.217. The van der Waals surface area contributed by atoms with Crippen molar-refractivity contribution in [2.45, 2.75) is 0 Å². The molecule has 1 aromatic heterocycles. The molecule has 0 spiro atoms. The quantitative estimate of drug-likeness (QED) is 0.871. The number of amides is 1. The number of rotatable bonds is 3. The van der Waals surface area contributed by atoms with E-state index in [-0.39, 0.29) is 11.5 Å². The molecule has 1 fully saturated rings. The number of benzene rings is 1. The van der Waals surface area contributed by atoms with Crippen molar-refractivity contribution in [3.63, 3.8) is 0 Å². The molecule has 3 rings (SSSR count). The number of nitrogens with one attached hydrogen (secondary N) is 1. The minimum Gasteiger partial charge on any atom is -0.378 e. The van der Waals surface area contributed by atoms with E-state index in [1.807, 2.05) is 18.2 Å². The van der Waals surface area contributed by atoms with Gasteiger partial charge in [0.1, 0.15) is 0 Å². The molecular weight excluding hydrogens is 374 g/mol. The van der Waals surface area contributed by atoms with Crippen LogP contribution in [0.25, 0.3) is 0 Å².